The summed E-state index contributed by atoms with van der Waals surface area (Å²) in [5, 5.41) is 8.39. The Hall–Kier alpha value is -1.55. The Labute approximate surface area is 69.6 Å². The minimum absolute atomic E-state index is 0.451. The quantitative estimate of drug-likeness (QED) is 0.640. The highest BCUT2D eigenvalue weighted by molar-refractivity contribution is 5.71. The normalized spacial score (nSPS) is 12.1. The average Bonchev–Trinajstić information content (AvgIpc) is 2.06. The number of carbonyl (C=O) groups is 1. The van der Waals surface area contributed by atoms with Crippen LogP contribution in [-0.2, 0) is 4.79 Å². The molecule has 64 valence electrons. The van der Waals surface area contributed by atoms with E-state index in [0.717, 1.165) is 0 Å². The molecule has 0 saturated heterocycles. The third kappa shape index (κ3) is 2.25. The lowest BCUT2D eigenvalue weighted by molar-refractivity contribution is -0.144. The van der Waals surface area contributed by atoms with Crippen molar-refractivity contribution in [1.29, 1.82) is 0 Å². The van der Waals surface area contributed by atoms with Gasteiger partial charge in [0.2, 0.25) is 6.23 Å². The predicted molar refractivity (Wildman–Crippen MR) is 42.7 cm³/mol. The van der Waals surface area contributed by atoms with Gasteiger partial charge >= 0.3 is 5.97 Å². The number of carboxylic acids is 1. The molecule has 0 saturated carbocycles. The molecule has 0 spiro atoms. The van der Waals surface area contributed by atoms with Gasteiger partial charge in [0.15, 0.2) is 0 Å². The molecule has 0 aliphatic rings. The Morgan fingerprint density at radius 2 is 2.00 bits per heavy atom. The van der Waals surface area contributed by atoms with E-state index in [4.69, 9.17) is 15.6 Å². The highest BCUT2D eigenvalue weighted by atomic mass is 16.5. The molecule has 0 unspecified atom stereocenters. The van der Waals surface area contributed by atoms with Gasteiger partial charge in [-0.15, -0.1) is 0 Å². The van der Waals surface area contributed by atoms with Crippen molar-refractivity contribution in [2.24, 2.45) is 5.73 Å². The maximum absolute atomic E-state index is 10.3. The molecule has 0 fully saturated rings. The topological polar surface area (TPSA) is 72.5 Å². The smallest absolute Gasteiger partial charge is 0.360 e. The SMILES string of the molecule is N[C@@H](Oc1ccccc1)C(=O)O. The van der Waals surface area contributed by atoms with Crippen LogP contribution >= 0.6 is 0 Å². The molecule has 1 aromatic rings. The molecule has 0 aromatic heterocycles. The Morgan fingerprint density at radius 1 is 1.42 bits per heavy atom. The van der Waals surface area contributed by atoms with Crippen LogP contribution in [0, 0.1) is 0 Å². The van der Waals surface area contributed by atoms with Crippen LogP contribution in [0.5, 0.6) is 5.75 Å². The summed E-state index contributed by atoms with van der Waals surface area (Å²) in [6.45, 7) is 0. The van der Waals surface area contributed by atoms with E-state index in [1.807, 2.05) is 0 Å². The Kier molecular flexibility index (Phi) is 2.66. The maximum atomic E-state index is 10.3. The van der Waals surface area contributed by atoms with Gasteiger partial charge in [-0.2, -0.15) is 0 Å². The molecule has 0 amide bonds. The van der Waals surface area contributed by atoms with Gasteiger partial charge in [-0.05, 0) is 12.1 Å². The first-order valence-corrected chi connectivity index (χ1v) is 3.40. The van der Waals surface area contributed by atoms with E-state index in [1.54, 1.807) is 30.3 Å². The van der Waals surface area contributed by atoms with E-state index in [9.17, 15) is 4.79 Å². The number of rotatable bonds is 3. The number of hydrogen-bond acceptors (Lipinski definition) is 3. The summed E-state index contributed by atoms with van der Waals surface area (Å²) >= 11 is 0. The molecule has 12 heavy (non-hydrogen) atoms. The number of benzene rings is 1. The van der Waals surface area contributed by atoms with Crippen molar-refractivity contribution in [2.45, 2.75) is 6.23 Å². The molecule has 0 heterocycles. The van der Waals surface area contributed by atoms with E-state index in [0.29, 0.717) is 5.75 Å². The molecule has 4 nitrogen and oxygen atoms in total. The van der Waals surface area contributed by atoms with Gasteiger partial charge in [-0.3, -0.25) is 5.73 Å². The second-order valence-electron chi connectivity index (χ2n) is 2.19. The summed E-state index contributed by atoms with van der Waals surface area (Å²) in [6.07, 6.45) is -1.30. The van der Waals surface area contributed by atoms with E-state index in [1.165, 1.54) is 0 Å². The van der Waals surface area contributed by atoms with Crippen molar-refractivity contribution in [3.8, 4) is 5.75 Å². The fourth-order valence-electron chi connectivity index (χ4n) is 0.696. The summed E-state index contributed by atoms with van der Waals surface area (Å²) in [5.74, 6) is -0.730. The van der Waals surface area contributed by atoms with Crippen molar-refractivity contribution in [2.75, 3.05) is 0 Å². The first-order chi connectivity index (χ1) is 5.70. The van der Waals surface area contributed by atoms with E-state index in [2.05, 4.69) is 0 Å². The van der Waals surface area contributed by atoms with Crippen molar-refractivity contribution in [1.82, 2.24) is 0 Å². The van der Waals surface area contributed by atoms with Crippen molar-refractivity contribution >= 4 is 5.97 Å². The van der Waals surface area contributed by atoms with Gasteiger partial charge in [0.1, 0.15) is 5.75 Å². The highest BCUT2D eigenvalue weighted by Gasteiger charge is 2.11. The minimum atomic E-state index is -1.30. The van der Waals surface area contributed by atoms with Crippen molar-refractivity contribution in [3.63, 3.8) is 0 Å². The third-order valence-electron chi connectivity index (χ3n) is 1.25. The zero-order valence-corrected chi connectivity index (χ0v) is 6.31. The molecule has 1 atom stereocenters. The Bertz CT molecular complexity index is 260. The van der Waals surface area contributed by atoms with Crippen LogP contribution in [0.4, 0.5) is 0 Å². The van der Waals surface area contributed by atoms with Gasteiger partial charge in [0.05, 0.1) is 0 Å². The summed E-state index contributed by atoms with van der Waals surface area (Å²) in [6, 6.07) is 8.57. The molecule has 0 aliphatic heterocycles. The molecule has 1 rings (SSSR count). The van der Waals surface area contributed by atoms with E-state index >= 15 is 0 Å². The highest BCUT2D eigenvalue weighted by Crippen LogP contribution is 2.08. The fraction of sp³-hybridized carbons (Fsp3) is 0.125. The lowest BCUT2D eigenvalue weighted by Gasteiger charge is -2.08. The summed E-state index contributed by atoms with van der Waals surface area (Å²) < 4.78 is 4.85. The molecular formula is C8H9NO3. The maximum Gasteiger partial charge on any atom is 0.360 e. The van der Waals surface area contributed by atoms with Gasteiger partial charge in [-0.1, -0.05) is 18.2 Å². The third-order valence-corrected chi connectivity index (χ3v) is 1.25. The number of carboxylic acid groups (broad SMARTS) is 1. The van der Waals surface area contributed by atoms with E-state index < -0.39 is 12.2 Å². The zero-order valence-electron chi connectivity index (χ0n) is 6.31. The summed E-state index contributed by atoms with van der Waals surface area (Å²) in [4.78, 5) is 10.3. The molecule has 0 radical (unpaired) electrons. The molecule has 4 heteroatoms. The minimum Gasteiger partial charge on any atom is -0.477 e. The van der Waals surface area contributed by atoms with Gasteiger partial charge in [-0.25, -0.2) is 4.79 Å². The van der Waals surface area contributed by atoms with Crippen LogP contribution in [0.15, 0.2) is 30.3 Å². The number of ether oxygens (including phenoxy) is 1. The molecule has 1 aromatic carbocycles. The van der Waals surface area contributed by atoms with Crippen LogP contribution < -0.4 is 10.5 Å². The Balaban J connectivity index is 2.58. The van der Waals surface area contributed by atoms with Crippen molar-refractivity contribution < 1.29 is 14.6 Å². The summed E-state index contributed by atoms with van der Waals surface area (Å²) in [7, 11) is 0. The van der Waals surface area contributed by atoms with Gasteiger partial charge < -0.3 is 9.84 Å². The molecule has 3 N–H and O–H groups in total. The summed E-state index contributed by atoms with van der Waals surface area (Å²) in [5.41, 5.74) is 5.13. The molecular weight excluding hydrogens is 158 g/mol. The van der Waals surface area contributed by atoms with Crippen LogP contribution in [-0.4, -0.2) is 17.3 Å². The fourth-order valence-corrected chi connectivity index (χ4v) is 0.696. The average molecular weight is 167 g/mol. The van der Waals surface area contributed by atoms with Crippen LogP contribution in [0.2, 0.25) is 0 Å². The van der Waals surface area contributed by atoms with Crippen LogP contribution in [0.1, 0.15) is 0 Å². The van der Waals surface area contributed by atoms with Gasteiger partial charge in [0.25, 0.3) is 0 Å². The second kappa shape index (κ2) is 3.73. The standard InChI is InChI=1S/C8H9NO3/c9-7(8(10)11)12-6-4-2-1-3-5-6/h1-5,7H,9H2,(H,10,11)/t7-/m0/s1. The zero-order chi connectivity index (χ0) is 8.97. The molecule has 0 aliphatic carbocycles. The van der Waals surface area contributed by atoms with Gasteiger partial charge in [0, 0.05) is 0 Å². The lowest BCUT2D eigenvalue weighted by atomic mass is 10.3. The molecule has 0 bridgehead atoms. The van der Waals surface area contributed by atoms with Crippen molar-refractivity contribution in [3.05, 3.63) is 30.3 Å². The Morgan fingerprint density at radius 3 is 2.50 bits per heavy atom. The van der Waals surface area contributed by atoms with Crippen LogP contribution in [0.3, 0.4) is 0 Å². The van der Waals surface area contributed by atoms with Crippen LogP contribution in [0.25, 0.3) is 0 Å². The van der Waals surface area contributed by atoms with E-state index in [-0.39, 0.29) is 0 Å². The predicted octanol–water partition coefficient (Wildman–Crippen LogP) is 0.435. The number of nitrogens with two attached hydrogens (primary N) is 1. The number of hydrogen-bond donors (Lipinski definition) is 2. The first kappa shape index (κ1) is 8.55. The number of aliphatic carboxylic acids is 1. The second-order valence-corrected chi connectivity index (χ2v) is 2.19. The number of para-hydroxylation sites is 1. The first-order valence-electron chi connectivity index (χ1n) is 3.40. The lowest BCUT2D eigenvalue weighted by Crippen LogP contribution is -2.35. The monoisotopic (exact) mass is 167 g/mol. The largest absolute Gasteiger partial charge is 0.477 e.